The van der Waals surface area contributed by atoms with Gasteiger partial charge in [-0.05, 0) is 11.6 Å². The Morgan fingerprint density at radius 2 is 1.90 bits per heavy atom. The third kappa shape index (κ3) is 4.88. The van der Waals surface area contributed by atoms with E-state index in [2.05, 4.69) is 32.5 Å². The van der Waals surface area contributed by atoms with Crippen LogP contribution in [0.4, 0.5) is 0 Å². The molecule has 1 fully saturated rings. The van der Waals surface area contributed by atoms with E-state index in [0.29, 0.717) is 29.6 Å². The molecule has 150 valence electrons. The van der Waals surface area contributed by atoms with Gasteiger partial charge in [0.1, 0.15) is 0 Å². The van der Waals surface area contributed by atoms with Crippen LogP contribution in [-0.2, 0) is 22.5 Å². The van der Waals surface area contributed by atoms with Crippen LogP contribution in [0.15, 0.2) is 59.4 Å². The van der Waals surface area contributed by atoms with Gasteiger partial charge in [-0.3, -0.25) is 14.5 Å². The summed E-state index contributed by atoms with van der Waals surface area (Å²) >= 11 is 0. The van der Waals surface area contributed by atoms with Gasteiger partial charge in [0.25, 0.3) is 5.56 Å². The number of nitrogens with one attached hydrogen (secondary N) is 2. The van der Waals surface area contributed by atoms with Gasteiger partial charge in [0.05, 0.1) is 30.2 Å². The predicted molar refractivity (Wildman–Crippen MR) is 111 cm³/mol. The van der Waals surface area contributed by atoms with Gasteiger partial charge in [0, 0.05) is 31.6 Å². The summed E-state index contributed by atoms with van der Waals surface area (Å²) in [5.74, 6) is -0.140. The molecule has 7 nitrogen and oxygen atoms in total. The molecule has 7 heteroatoms. The first-order valence-electron chi connectivity index (χ1n) is 9.80. The van der Waals surface area contributed by atoms with Gasteiger partial charge in [0.15, 0.2) is 0 Å². The second-order valence-corrected chi connectivity index (χ2v) is 7.24. The maximum absolute atomic E-state index is 12.4. The lowest BCUT2D eigenvalue weighted by atomic mass is 10.1. The van der Waals surface area contributed by atoms with Crippen LogP contribution in [-0.4, -0.2) is 53.3 Å². The first kappa shape index (κ1) is 19.3. The Labute approximate surface area is 168 Å². The third-order valence-electron chi connectivity index (χ3n) is 5.10. The monoisotopic (exact) mass is 392 g/mol. The van der Waals surface area contributed by atoms with Gasteiger partial charge < -0.3 is 10.1 Å². The van der Waals surface area contributed by atoms with Gasteiger partial charge >= 0.3 is 0 Å². The molecule has 3 aromatic rings. The molecule has 0 saturated carbocycles. The largest absolute Gasteiger partial charge is 0.374 e. The van der Waals surface area contributed by atoms with Gasteiger partial charge in [-0.1, -0.05) is 48.5 Å². The lowest BCUT2D eigenvalue weighted by Gasteiger charge is -2.33. The molecule has 0 bridgehead atoms. The zero-order valence-electron chi connectivity index (χ0n) is 16.1. The number of rotatable bonds is 6. The number of carbonyl (C=O) groups is 1. The molecule has 0 aliphatic carbocycles. The molecule has 1 aliphatic rings. The number of aromatic amines is 1. The lowest BCUT2D eigenvalue weighted by Crippen LogP contribution is -2.47. The SMILES string of the molecule is O=C(Cc1n[nH]c(=O)c2ccccc12)NC[C@@H]1CN(Cc2ccccc2)CCO1. The Balaban J connectivity index is 1.32. The Morgan fingerprint density at radius 3 is 2.72 bits per heavy atom. The van der Waals surface area contributed by atoms with Crippen molar-refractivity contribution in [2.24, 2.45) is 0 Å². The highest BCUT2D eigenvalue weighted by atomic mass is 16.5. The minimum atomic E-state index is -0.251. The van der Waals surface area contributed by atoms with Crippen molar-refractivity contribution in [3.63, 3.8) is 0 Å². The van der Waals surface area contributed by atoms with E-state index < -0.39 is 0 Å². The van der Waals surface area contributed by atoms with Crippen molar-refractivity contribution in [2.45, 2.75) is 19.1 Å². The van der Waals surface area contributed by atoms with Crippen molar-refractivity contribution >= 4 is 16.7 Å². The molecule has 0 spiro atoms. The topological polar surface area (TPSA) is 87.3 Å². The Morgan fingerprint density at radius 1 is 1.14 bits per heavy atom. The van der Waals surface area contributed by atoms with Gasteiger partial charge in [-0.15, -0.1) is 0 Å². The zero-order chi connectivity index (χ0) is 20.1. The van der Waals surface area contributed by atoms with Gasteiger partial charge in [-0.25, -0.2) is 5.10 Å². The van der Waals surface area contributed by atoms with Gasteiger partial charge in [0.2, 0.25) is 5.91 Å². The number of aromatic nitrogens is 2. The highest BCUT2D eigenvalue weighted by Gasteiger charge is 2.21. The fraction of sp³-hybridized carbons (Fsp3) is 0.318. The summed E-state index contributed by atoms with van der Waals surface area (Å²) in [5, 5.41) is 10.7. The van der Waals surface area contributed by atoms with E-state index in [-0.39, 0.29) is 24.0 Å². The van der Waals surface area contributed by atoms with Crippen molar-refractivity contribution in [2.75, 3.05) is 26.2 Å². The van der Waals surface area contributed by atoms with Crippen LogP contribution in [0.5, 0.6) is 0 Å². The normalized spacial score (nSPS) is 17.3. The number of amides is 1. The number of morpholine rings is 1. The molecule has 1 amide bonds. The minimum absolute atomic E-state index is 0.0447. The second-order valence-electron chi connectivity index (χ2n) is 7.24. The number of hydrogen-bond donors (Lipinski definition) is 2. The smallest absolute Gasteiger partial charge is 0.272 e. The van der Waals surface area contributed by atoms with E-state index >= 15 is 0 Å². The quantitative estimate of drug-likeness (QED) is 0.664. The summed E-state index contributed by atoms with van der Waals surface area (Å²) in [7, 11) is 0. The summed E-state index contributed by atoms with van der Waals surface area (Å²) in [6, 6.07) is 17.5. The minimum Gasteiger partial charge on any atom is -0.374 e. The molecule has 4 rings (SSSR count). The van der Waals surface area contributed by atoms with Crippen LogP contribution in [0, 0.1) is 0 Å². The summed E-state index contributed by atoms with van der Waals surface area (Å²) in [4.78, 5) is 26.7. The summed E-state index contributed by atoms with van der Waals surface area (Å²) in [6.07, 6.45) is 0.0641. The van der Waals surface area contributed by atoms with E-state index in [1.165, 1.54) is 5.56 Å². The van der Waals surface area contributed by atoms with E-state index in [0.717, 1.165) is 19.6 Å². The maximum atomic E-state index is 12.4. The maximum Gasteiger partial charge on any atom is 0.272 e. The number of nitrogens with zero attached hydrogens (tertiary/aromatic N) is 2. The standard InChI is InChI=1S/C22H24N4O3/c27-21(12-20-18-8-4-5-9-19(18)22(28)25-24-20)23-13-17-15-26(10-11-29-17)14-16-6-2-1-3-7-16/h1-9,17H,10-15H2,(H,23,27)(H,25,28)/t17-/m1/s1. The summed E-state index contributed by atoms with van der Waals surface area (Å²) in [5.41, 5.74) is 1.58. The molecular formula is C22H24N4O3. The Kier molecular flexibility index (Phi) is 5.97. The number of carbonyl (C=O) groups excluding carboxylic acids is 1. The van der Waals surface area contributed by atoms with Crippen molar-refractivity contribution in [1.29, 1.82) is 0 Å². The molecule has 2 heterocycles. The molecule has 0 unspecified atom stereocenters. The van der Waals surface area contributed by atoms with Gasteiger partial charge in [-0.2, -0.15) is 5.10 Å². The molecule has 1 aliphatic heterocycles. The molecule has 1 atom stereocenters. The molecule has 1 aromatic heterocycles. The third-order valence-corrected chi connectivity index (χ3v) is 5.10. The average Bonchev–Trinajstić information content (AvgIpc) is 2.75. The van der Waals surface area contributed by atoms with Crippen LogP contribution in [0.3, 0.4) is 0 Å². The summed E-state index contributed by atoms with van der Waals surface area (Å²) < 4.78 is 5.81. The molecule has 1 saturated heterocycles. The van der Waals surface area contributed by atoms with E-state index in [1.807, 2.05) is 30.3 Å². The summed E-state index contributed by atoms with van der Waals surface area (Å²) in [6.45, 7) is 3.63. The molecule has 2 N–H and O–H groups in total. The highest BCUT2D eigenvalue weighted by molar-refractivity contribution is 5.88. The fourth-order valence-corrected chi connectivity index (χ4v) is 3.64. The lowest BCUT2D eigenvalue weighted by molar-refractivity contribution is -0.121. The Hall–Kier alpha value is -3.03. The first-order chi connectivity index (χ1) is 14.2. The number of H-pyrrole nitrogens is 1. The predicted octanol–water partition coefficient (Wildman–Crippen LogP) is 1.48. The van der Waals surface area contributed by atoms with Crippen LogP contribution in [0.1, 0.15) is 11.3 Å². The fourth-order valence-electron chi connectivity index (χ4n) is 3.64. The van der Waals surface area contributed by atoms with Crippen molar-refractivity contribution < 1.29 is 9.53 Å². The number of ether oxygens (including phenoxy) is 1. The van der Waals surface area contributed by atoms with Crippen molar-refractivity contribution in [3.05, 3.63) is 76.2 Å². The zero-order valence-corrected chi connectivity index (χ0v) is 16.1. The Bertz CT molecular complexity index is 1030. The van der Waals surface area contributed by atoms with Crippen LogP contribution in [0.25, 0.3) is 10.8 Å². The average molecular weight is 392 g/mol. The van der Waals surface area contributed by atoms with E-state index in [9.17, 15) is 9.59 Å². The molecule has 29 heavy (non-hydrogen) atoms. The van der Waals surface area contributed by atoms with Crippen molar-refractivity contribution in [3.8, 4) is 0 Å². The first-order valence-corrected chi connectivity index (χ1v) is 9.80. The van der Waals surface area contributed by atoms with Crippen LogP contribution < -0.4 is 10.9 Å². The number of fused-ring (bicyclic) bond motifs is 1. The molecule has 0 radical (unpaired) electrons. The molecular weight excluding hydrogens is 368 g/mol. The molecule has 2 aromatic carbocycles. The highest BCUT2D eigenvalue weighted by Crippen LogP contribution is 2.13. The number of benzene rings is 2. The van der Waals surface area contributed by atoms with E-state index in [1.54, 1.807) is 12.1 Å². The van der Waals surface area contributed by atoms with Crippen molar-refractivity contribution in [1.82, 2.24) is 20.4 Å². The second kappa shape index (κ2) is 8.98. The van der Waals surface area contributed by atoms with Crippen LogP contribution >= 0.6 is 0 Å². The number of hydrogen-bond acceptors (Lipinski definition) is 5. The van der Waals surface area contributed by atoms with Crippen LogP contribution in [0.2, 0.25) is 0 Å². The van der Waals surface area contributed by atoms with E-state index in [4.69, 9.17) is 4.74 Å².